The van der Waals surface area contributed by atoms with E-state index in [4.69, 9.17) is 4.74 Å². The van der Waals surface area contributed by atoms with Crippen molar-refractivity contribution < 1.29 is 9.53 Å². The molecule has 0 heterocycles. The third-order valence-electron chi connectivity index (χ3n) is 3.16. The van der Waals surface area contributed by atoms with Crippen molar-refractivity contribution in [1.82, 2.24) is 5.32 Å². The predicted octanol–water partition coefficient (Wildman–Crippen LogP) is 2.63. The molecule has 0 aliphatic heterocycles. The summed E-state index contributed by atoms with van der Waals surface area (Å²) in [6.45, 7) is 0. The fraction of sp³-hybridized carbons (Fsp3) is 0.500. The number of thioether (sulfide) groups is 1. The highest BCUT2D eigenvalue weighted by Gasteiger charge is 2.33. The topological polar surface area (TPSA) is 38.3 Å². The highest BCUT2D eigenvalue weighted by Crippen LogP contribution is 2.41. The van der Waals surface area contributed by atoms with Crippen molar-refractivity contribution in [2.75, 3.05) is 19.1 Å². The smallest absolute Gasteiger partial charge is 0.230 e. The van der Waals surface area contributed by atoms with Gasteiger partial charge in [-0.15, -0.1) is 0 Å². The molecule has 1 atom stereocenters. The third kappa shape index (κ3) is 3.42. The first kappa shape index (κ1) is 13.3. The quantitative estimate of drug-likeness (QED) is 0.859. The van der Waals surface area contributed by atoms with Gasteiger partial charge in [-0.05, 0) is 42.7 Å². The second-order valence-corrected chi connectivity index (χ2v) is 5.45. The Kier molecular flexibility index (Phi) is 4.53. The van der Waals surface area contributed by atoms with Gasteiger partial charge in [-0.25, -0.2) is 0 Å². The monoisotopic (exact) mass is 265 g/mol. The van der Waals surface area contributed by atoms with E-state index in [9.17, 15) is 4.79 Å². The van der Waals surface area contributed by atoms with Crippen molar-refractivity contribution in [2.24, 2.45) is 5.92 Å². The first-order valence-corrected chi connectivity index (χ1v) is 7.56. The summed E-state index contributed by atoms with van der Waals surface area (Å²) in [4.78, 5) is 11.7. The molecule has 0 saturated heterocycles. The van der Waals surface area contributed by atoms with Gasteiger partial charge in [-0.2, -0.15) is 11.8 Å². The molecular weight excluding hydrogens is 246 g/mol. The van der Waals surface area contributed by atoms with Crippen molar-refractivity contribution in [1.29, 1.82) is 0 Å². The maximum absolute atomic E-state index is 11.7. The van der Waals surface area contributed by atoms with Crippen LogP contribution in [-0.2, 0) is 4.79 Å². The summed E-state index contributed by atoms with van der Waals surface area (Å²) in [5, 5.41) is 3.13. The average Bonchev–Trinajstić information content (AvgIpc) is 3.21. The van der Waals surface area contributed by atoms with E-state index in [1.165, 1.54) is 18.4 Å². The Hall–Kier alpha value is -1.16. The SMILES string of the molecule is COc1ccc(C(NC(=O)CSC)C2CC2)cc1. The van der Waals surface area contributed by atoms with Crippen LogP contribution in [0.2, 0.25) is 0 Å². The van der Waals surface area contributed by atoms with Crippen molar-refractivity contribution in [2.45, 2.75) is 18.9 Å². The van der Waals surface area contributed by atoms with Crippen LogP contribution in [-0.4, -0.2) is 25.0 Å². The van der Waals surface area contributed by atoms with E-state index >= 15 is 0 Å². The molecule has 18 heavy (non-hydrogen) atoms. The summed E-state index contributed by atoms with van der Waals surface area (Å²) in [5.41, 5.74) is 1.17. The molecule has 1 amide bonds. The maximum Gasteiger partial charge on any atom is 0.230 e. The van der Waals surface area contributed by atoms with Gasteiger partial charge in [0.05, 0.1) is 18.9 Å². The Balaban J connectivity index is 2.06. The minimum atomic E-state index is 0.121. The van der Waals surface area contributed by atoms with Gasteiger partial charge >= 0.3 is 0 Å². The third-order valence-corrected chi connectivity index (χ3v) is 3.71. The standard InChI is InChI=1S/C14H19NO2S/c1-17-12-7-5-11(6-8-12)14(10-3-4-10)15-13(16)9-18-2/h5-8,10,14H,3-4,9H2,1-2H3,(H,15,16). The van der Waals surface area contributed by atoms with Crippen molar-refractivity contribution in [3.63, 3.8) is 0 Å². The van der Waals surface area contributed by atoms with Crippen LogP contribution in [0.1, 0.15) is 24.4 Å². The lowest BCUT2D eigenvalue weighted by Gasteiger charge is -2.19. The number of nitrogens with one attached hydrogen (secondary N) is 1. The lowest BCUT2D eigenvalue weighted by Crippen LogP contribution is -2.31. The molecule has 0 spiro atoms. The molecule has 1 aliphatic carbocycles. The zero-order chi connectivity index (χ0) is 13.0. The van der Waals surface area contributed by atoms with Gasteiger partial charge in [0.2, 0.25) is 5.91 Å². The summed E-state index contributed by atoms with van der Waals surface area (Å²) in [6.07, 6.45) is 4.35. The van der Waals surface area contributed by atoms with Gasteiger partial charge in [0.15, 0.2) is 0 Å². The Bertz CT molecular complexity index is 401. The van der Waals surface area contributed by atoms with Gasteiger partial charge in [-0.1, -0.05) is 12.1 Å². The van der Waals surface area contributed by atoms with Gasteiger partial charge in [0.25, 0.3) is 0 Å². The molecule has 1 aromatic carbocycles. The van der Waals surface area contributed by atoms with E-state index in [0.717, 1.165) is 5.75 Å². The lowest BCUT2D eigenvalue weighted by atomic mass is 10.0. The second-order valence-electron chi connectivity index (χ2n) is 4.59. The van der Waals surface area contributed by atoms with Crippen LogP contribution in [0.25, 0.3) is 0 Å². The average molecular weight is 265 g/mol. The zero-order valence-electron chi connectivity index (χ0n) is 10.8. The summed E-state index contributed by atoms with van der Waals surface area (Å²) >= 11 is 1.55. The highest BCUT2D eigenvalue weighted by atomic mass is 32.2. The number of carbonyl (C=O) groups is 1. The van der Waals surface area contributed by atoms with Gasteiger partial charge in [0, 0.05) is 0 Å². The Morgan fingerprint density at radius 1 is 1.44 bits per heavy atom. The second kappa shape index (κ2) is 6.14. The molecule has 1 fully saturated rings. The fourth-order valence-electron chi connectivity index (χ4n) is 2.06. The fourth-order valence-corrected chi connectivity index (χ4v) is 2.41. The molecule has 1 N–H and O–H groups in total. The number of benzene rings is 1. The van der Waals surface area contributed by atoms with E-state index < -0.39 is 0 Å². The number of methoxy groups -OCH3 is 1. The van der Waals surface area contributed by atoms with E-state index in [1.54, 1.807) is 18.9 Å². The van der Waals surface area contributed by atoms with Crippen molar-refractivity contribution in [3.05, 3.63) is 29.8 Å². The molecule has 3 nitrogen and oxygen atoms in total. The molecule has 2 rings (SSSR count). The molecule has 1 aliphatic rings. The number of ether oxygens (including phenoxy) is 1. The van der Waals surface area contributed by atoms with E-state index in [0.29, 0.717) is 11.7 Å². The molecule has 0 aromatic heterocycles. The number of amides is 1. The summed E-state index contributed by atoms with van der Waals surface area (Å²) in [6, 6.07) is 8.15. The predicted molar refractivity (Wildman–Crippen MR) is 75.0 cm³/mol. The summed E-state index contributed by atoms with van der Waals surface area (Å²) < 4.78 is 5.15. The van der Waals surface area contributed by atoms with Crippen molar-refractivity contribution in [3.8, 4) is 5.75 Å². The minimum absolute atomic E-state index is 0.121. The van der Waals surface area contributed by atoms with Crippen LogP contribution >= 0.6 is 11.8 Å². The van der Waals surface area contributed by atoms with Crippen LogP contribution in [0.3, 0.4) is 0 Å². The van der Waals surface area contributed by atoms with E-state index in [-0.39, 0.29) is 11.9 Å². The molecule has 0 radical (unpaired) electrons. The number of hydrogen-bond donors (Lipinski definition) is 1. The van der Waals surface area contributed by atoms with Crippen LogP contribution in [0.5, 0.6) is 5.75 Å². The molecule has 1 unspecified atom stereocenters. The Labute approximate surface area is 112 Å². The molecule has 98 valence electrons. The van der Waals surface area contributed by atoms with Crippen LogP contribution in [0.4, 0.5) is 0 Å². The summed E-state index contributed by atoms with van der Waals surface area (Å²) in [7, 11) is 1.66. The lowest BCUT2D eigenvalue weighted by molar-refractivity contribution is -0.119. The normalized spacial score (nSPS) is 16.1. The first-order chi connectivity index (χ1) is 8.74. The molecule has 1 saturated carbocycles. The minimum Gasteiger partial charge on any atom is -0.497 e. The number of rotatable bonds is 6. The van der Waals surface area contributed by atoms with Gasteiger partial charge in [-0.3, -0.25) is 4.79 Å². The zero-order valence-corrected chi connectivity index (χ0v) is 11.6. The molecular formula is C14H19NO2S. The Morgan fingerprint density at radius 3 is 2.61 bits per heavy atom. The molecule has 4 heteroatoms. The maximum atomic E-state index is 11.7. The first-order valence-electron chi connectivity index (χ1n) is 6.17. The molecule has 1 aromatic rings. The Morgan fingerprint density at radius 2 is 2.11 bits per heavy atom. The largest absolute Gasteiger partial charge is 0.497 e. The highest BCUT2D eigenvalue weighted by molar-refractivity contribution is 7.99. The van der Waals surface area contributed by atoms with E-state index in [2.05, 4.69) is 5.32 Å². The number of carbonyl (C=O) groups excluding carboxylic acids is 1. The summed E-state index contributed by atoms with van der Waals surface area (Å²) in [5.74, 6) is 2.10. The van der Waals surface area contributed by atoms with E-state index in [1.807, 2.05) is 30.5 Å². The van der Waals surface area contributed by atoms with Gasteiger partial charge in [0.1, 0.15) is 5.75 Å². The van der Waals surface area contributed by atoms with Crippen LogP contribution < -0.4 is 10.1 Å². The van der Waals surface area contributed by atoms with Crippen molar-refractivity contribution >= 4 is 17.7 Å². The molecule has 0 bridgehead atoms. The number of hydrogen-bond acceptors (Lipinski definition) is 3. The van der Waals surface area contributed by atoms with Crippen LogP contribution in [0.15, 0.2) is 24.3 Å². The van der Waals surface area contributed by atoms with Crippen LogP contribution in [0, 0.1) is 5.92 Å². The van der Waals surface area contributed by atoms with Gasteiger partial charge < -0.3 is 10.1 Å².